The monoisotopic (exact) mass is 182 g/mol. The van der Waals surface area contributed by atoms with E-state index in [0.29, 0.717) is 6.04 Å². The van der Waals surface area contributed by atoms with Gasteiger partial charge in [0.25, 0.3) is 0 Å². The SMILES string of the molecule is CCC[C@@H](C)NC1=NCCCCC1. The fraction of sp³-hybridized carbons (Fsp3) is 0.909. The van der Waals surface area contributed by atoms with E-state index in [9.17, 15) is 0 Å². The first-order valence-corrected chi connectivity index (χ1v) is 5.62. The zero-order valence-electron chi connectivity index (χ0n) is 8.97. The van der Waals surface area contributed by atoms with Crippen molar-refractivity contribution >= 4 is 5.84 Å². The van der Waals surface area contributed by atoms with Gasteiger partial charge in [0, 0.05) is 19.0 Å². The number of nitrogens with zero attached hydrogens (tertiary/aromatic N) is 1. The van der Waals surface area contributed by atoms with Crippen molar-refractivity contribution in [3.8, 4) is 0 Å². The maximum absolute atomic E-state index is 4.55. The van der Waals surface area contributed by atoms with Crippen LogP contribution >= 0.6 is 0 Å². The molecule has 0 aromatic heterocycles. The van der Waals surface area contributed by atoms with Gasteiger partial charge < -0.3 is 5.32 Å². The predicted octanol–water partition coefficient (Wildman–Crippen LogP) is 2.74. The summed E-state index contributed by atoms with van der Waals surface area (Å²) in [5.41, 5.74) is 0. The zero-order chi connectivity index (χ0) is 9.52. The molecule has 0 unspecified atom stereocenters. The largest absolute Gasteiger partial charge is 0.371 e. The maximum atomic E-state index is 4.55. The van der Waals surface area contributed by atoms with Crippen LogP contribution in [0.5, 0.6) is 0 Å². The molecular weight excluding hydrogens is 160 g/mol. The highest BCUT2D eigenvalue weighted by molar-refractivity contribution is 5.82. The fourth-order valence-corrected chi connectivity index (χ4v) is 1.78. The second-order valence-corrected chi connectivity index (χ2v) is 3.97. The fourth-order valence-electron chi connectivity index (χ4n) is 1.78. The molecule has 2 heteroatoms. The molecule has 1 N–H and O–H groups in total. The van der Waals surface area contributed by atoms with Crippen LogP contribution in [0, 0.1) is 0 Å². The van der Waals surface area contributed by atoms with Crippen molar-refractivity contribution in [2.75, 3.05) is 6.54 Å². The zero-order valence-corrected chi connectivity index (χ0v) is 8.97. The van der Waals surface area contributed by atoms with Crippen LogP contribution in [0.4, 0.5) is 0 Å². The van der Waals surface area contributed by atoms with Gasteiger partial charge in [-0.05, 0) is 26.2 Å². The number of rotatable bonds is 3. The Morgan fingerprint density at radius 3 is 3.00 bits per heavy atom. The number of aliphatic imine (C=N–C) groups is 1. The molecule has 0 bridgehead atoms. The van der Waals surface area contributed by atoms with E-state index < -0.39 is 0 Å². The van der Waals surface area contributed by atoms with Crippen LogP contribution in [0.15, 0.2) is 4.99 Å². The smallest absolute Gasteiger partial charge is 0.0965 e. The third-order valence-electron chi connectivity index (χ3n) is 2.51. The molecule has 1 aliphatic heterocycles. The topological polar surface area (TPSA) is 24.4 Å². The number of hydrogen-bond donors (Lipinski definition) is 1. The number of amidine groups is 1. The van der Waals surface area contributed by atoms with Gasteiger partial charge in [-0.15, -0.1) is 0 Å². The molecule has 0 radical (unpaired) electrons. The summed E-state index contributed by atoms with van der Waals surface area (Å²) in [7, 11) is 0. The van der Waals surface area contributed by atoms with Crippen LogP contribution in [0.2, 0.25) is 0 Å². The maximum Gasteiger partial charge on any atom is 0.0965 e. The molecule has 0 aromatic rings. The lowest BCUT2D eigenvalue weighted by Gasteiger charge is -2.15. The van der Waals surface area contributed by atoms with E-state index in [1.54, 1.807) is 0 Å². The lowest BCUT2D eigenvalue weighted by atomic mass is 10.1. The van der Waals surface area contributed by atoms with Gasteiger partial charge in [0.2, 0.25) is 0 Å². The molecule has 0 amide bonds. The molecule has 0 fully saturated rings. The van der Waals surface area contributed by atoms with Gasteiger partial charge >= 0.3 is 0 Å². The Morgan fingerprint density at radius 1 is 1.38 bits per heavy atom. The Labute approximate surface area is 81.8 Å². The molecule has 0 aromatic carbocycles. The summed E-state index contributed by atoms with van der Waals surface area (Å²) in [6, 6.07) is 0.599. The first kappa shape index (κ1) is 10.6. The van der Waals surface area contributed by atoms with Crippen molar-refractivity contribution in [1.29, 1.82) is 0 Å². The van der Waals surface area contributed by atoms with Crippen LogP contribution < -0.4 is 5.32 Å². The van der Waals surface area contributed by atoms with Crippen LogP contribution in [-0.4, -0.2) is 18.4 Å². The first-order valence-electron chi connectivity index (χ1n) is 5.62. The molecule has 1 rings (SSSR count). The molecular formula is C11H22N2. The number of nitrogens with one attached hydrogen (secondary N) is 1. The van der Waals surface area contributed by atoms with Crippen LogP contribution in [0.25, 0.3) is 0 Å². The van der Waals surface area contributed by atoms with E-state index in [1.165, 1.54) is 37.9 Å². The third kappa shape index (κ3) is 4.30. The van der Waals surface area contributed by atoms with Crippen molar-refractivity contribution < 1.29 is 0 Å². The highest BCUT2D eigenvalue weighted by Gasteiger charge is 2.06. The van der Waals surface area contributed by atoms with E-state index in [0.717, 1.165) is 13.0 Å². The lowest BCUT2D eigenvalue weighted by molar-refractivity contribution is 0.589. The molecule has 0 spiro atoms. The first-order chi connectivity index (χ1) is 6.33. The summed E-state index contributed by atoms with van der Waals surface area (Å²) in [6.45, 7) is 5.51. The van der Waals surface area contributed by atoms with Gasteiger partial charge in [0.1, 0.15) is 0 Å². The summed E-state index contributed by atoms with van der Waals surface area (Å²) < 4.78 is 0. The molecule has 0 saturated heterocycles. The summed E-state index contributed by atoms with van der Waals surface area (Å²) in [5, 5.41) is 3.51. The van der Waals surface area contributed by atoms with E-state index in [4.69, 9.17) is 0 Å². The van der Waals surface area contributed by atoms with E-state index >= 15 is 0 Å². The van der Waals surface area contributed by atoms with Crippen LogP contribution in [0.3, 0.4) is 0 Å². The summed E-state index contributed by atoms with van der Waals surface area (Å²) in [4.78, 5) is 4.55. The summed E-state index contributed by atoms with van der Waals surface area (Å²) in [5.74, 6) is 1.25. The highest BCUT2D eigenvalue weighted by Crippen LogP contribution is 2.07. The second-order valence-electron chi connectivity index (χ2n) is 3.97. The minimum atomic E-state index is 0.599. The van der Waals surface area contributed by atoms with E-state index in [2.05, 4.69) is 24.2 Å². The summed E-state index contributed by atoms with van der Waals surface area (Å²) >= 11 is 0. The minimum absolute atomic E-state index is 0.599. The minimum Gasteiger partial charge on any atom is -0.371 e. The highest BCUT2D eigenvalue weighted by atomic mass is 15.0. The Kier molecular flexibility index (Phi) is 4.87. The predicted molar refractivity (Wildman–Crippen MR) is 58.3 cm³/mol. The van der Waals surface area contributed by atoms with Crippen LogP contribution in [-0.2, 0) is 0 Å². The van der Waals surface area contributed by atoms with Gasteiger partial charge in [0.15, 0.2) is 0 Å². The molecule has 1 heterocycles. The molecule has 0 aliphatic carbocycles. The molecule has 2 nitrogen and oxygen atoms in total. The van der Waals surface area contributed by atoms with E-state index in [-0.39, 0.29) is 0 Å². The Hall–Kier alpha value is -0.530. The normalized spacial score (nSPS) is 20.3. The third-order valence-corrected chi connectivity index (χ3v) is 2.51. The Balaban J connectivity index is 2.28. The quantitative estimate of drug-likeness (QED) is 0.713. The van der Waals surface area contributed by atoms with Gasteiger partial charge in [-0.3, -0.25) is 4.99 Å². The molecule has 76 valence electrons. The van der Waals surface area contributed by atoms with E-state index in [1.807, 2.05) is 0 Å². The second kappa shape index (κ2) is 6.01. The average Bonchev–Trinajstić information content (AvgIpc) is 2.33. The Bertz CT molecular complexity index is 163. The van der Waals surface area contributed by atoms with Crippen molar-refractivity contribution in [3.05, 3.63) is 0 Å². The van der Waals surface area contributed by atoms with Crippen molar-refractivity contribution in [1.82, 2.24) is 5.32 Å². The van der Waals surface area contributed by atoms with Gasteiger partial charge in [-0.1, -0.05) is 19.8 Å². The Morgan fingerprint density at radius 2 is 2.23 bits per heavy atom. The molecule has 13 heavy (non-hydrogen) atoms. The van der Waals surface area contributed by atoms with Crippen molar-refractivity contribution in [3.63, 3.8) is 0 Å². The molecule has 0 saturated carbocycles. The van der Waals surface area contributed by atoms with Crippen LogP contribution in [0.1, 0.15) is 52.4 Å². The lowest BCUT2D eigenvalue weighted by Crippen LogP contribution is -2.32. The number of hydrogen-bond acceptors (Lipinski definition) is 2. The standard InChI is InChI=1S/C11H22N2/c1-3-7-10(2)13-11-8-5-4-6-9-12-11/h10H,3-9H2,1-2H3,(H,12,13)/t10-/m1/s1. The average molecular weight is 182 g/mol. The summed E-state index contributed by atoms with van der Waals surface area (Å²) in [6.07, 6.45) is 7.59. The van der Waals surface area contributed by atoms with Gasteiger partial charge in [-0.25, -0.2) is 0 Å². The van der Waals surface area contributed by atoms with Gasteiger partial charge in [0.05, 0.1) is 5.84 Å². The molecule has 1 aliphatic rings. The van der Waals surface area contributed by atoms with Crippen molar-refractivity contribution in [2.24, 2.45) is 4.99 Å². The van der Waals surface area contributed by atoms with Gasteiger partial charge in [-0.2, -0.15) is 0 Å². The molecule has 1 atom stereocenters. The van der Waals surface area contributed by atoms with Crippen molar-refractivity contribution in [2.45, 2.75) is 58.4 Å².